The Morgan fingerprint density at radius 2 is 2.10 bits per heavy atom. The van der Waals surface area contributed by atoms with Crippen molar-refractivity contribution in [1.82, 2.24) is 19.5 Å². The van der Waals surface area contributed by atoms with E-state index < -0.39 is 0 Å². The molecule has 5 rings (SSSR count). The van der Waals surface area contributed by atoms with Crippen LogP contribution in [0, 0.1) is 12.8 Å². The largest absolute Gasteiger partial charge is 0.494 e. The number of anilines is 3. The van der Waals surface area contributed by atoms with E-state index in [2.05, 4.69) is 27.2 Å². The lowest BCUT2D eigenvalue weighted by molar-refractivity contribution is 0.250. The summed E-state index contributed by atoms with van der Waals surface area (Å²) in [5.74, 6) is 3.55. The molecule has 29 heavy (non-hydrogen) atoms. The summed E-state index contributed by atoms with van der Waals surface area (Å²) in [7, 11) is 3.75. The van der Waals surface area contributed by atoms with Crippen LogP contribution in [0.2, 0.25) is 0 Å². The number of nitrogens with zero attached hydrogens (tertiary/aromatic N) is 5. The van der Waals surface area contributed by atoms with Gasteiger partial charge in [0.1, 0.15) is 12.4 Å². The van der Waals surface area contributed by atoms with Gasteiger partial charge in [0.2, 0.25) is 5.95 Å². The highest BCUT2D eigenvalue weighted by molar-refractivity contribution is 5.64. The molecule has 150 valence electrons. The number of ether oxygens (including phenoxy) is 2. The third kappa shape index (κ3) is 3.35. The zero-order valence-corrected chi connectivity index (χ0v) is 16.8. The van der Waals surface area contributed by atoms with E-state index in [4.69, 9.17) is 14.5 Å². The van der Waals surface area contributed by atoms with Gasteiger partial charge in [-0.25, -0.2) is 9.97 Å². The van der Waals surface area contributed by atoms with Gasteiger partial charge in [-0.1, -0.05) is 0 Å². The minimum absolute atomic E-state index is 0.392. The quantitative estimate of drug-likeness (QED) is 0.714. The molecule has 3 heterocycles. The van der Waals surface area contributed by atoms with Crippen LogP contribution in [0.3, 0.4) is 0 Å². The molecule has 0 radical (unpaired) electrons. The maximum atomic E-state index is 5.89. The summed E-state index contributed by atoms with van der Waals surface area (Å²) in [5, 5.41) is 3.28. The Morgan fingerprint density at radius 3 is 2.83 bits per heavy atom. The van der Waals surface area contributed by atoms with Gasteiger partial charge >= 0.3 is 0 Å². The topological polar surface area (TPSA) is 77.3 Å². The molecule has 1 atom stereocenters. The zero-order valence-electron chi connectivity index (χ0n) is 16.8. The molecule has 2 aliphatic rings. The molecule has 1 N–H and O–H groups in total. The summed E-state index contributed by atoms with van der Waals surface area (Å²) in [6, 6.07) is 6.28. The van der Waals surface area contributed by atoms with Gasteiger partial charge in [-0.2, -0.15) is 4.98 Å². The number of aryl methyl sites for hydroxylation is 1. The van der Waals surface area contributed by atoms with Gasteiger partial charge in [-0.3, -0.25) is 0 Å². The first-order chi connectivity index (χ1) is 14.1. The number of nitrogens with one attached hydrogen (secondary N) is 1. The molecule has 1 aliphatic carbocycles. The van der Waals surface area contributed by atoms with Crippen molar-refractivity contribution in [3.63, 3.8) is 0 Å². The van der Waals surface area contributed by atoms with E-state index in [1.54, 1.807) is 19.6 Å². The SMILES string of the molecule is COc1cc(Nc2ncc3c(n2)N(C)[C@@H](C2CC2)CO3)ccc1-n1cnc(C)c1. The van der Waals surface area contributed by atoms with Gasteiger partial charge in [0.05, 0.1) is 37.1 Å². The number of likely N-dealkylation sites (N-methyl/N-ethyl adjacent to an activating group) is 1. The molecule has 1 aliphatic heterocycles. The van der Waals surface area contributed by atoms with E-state index >= 15 is 0 Å². The summed E-state index contributed by atoms with van der Waals surface area (Å²) in [4.78, 5) is 15.6. The van der Waals surface area contributed by atoms with Gasteiger partial charge in [0, 0.05) is 25.0 Å². The summed E-state index contributed by atoms with van der Waals surface area (Å²) < 4.78 is 13.4. The zero-order chi connectivity index (χ0) is 20.0. The molecule has 8 heteroatoms. The van der Waals surface area contributed by atoms with Crippen LogP contribution in [-0.4, -0.2) is 46.3 Å². The molecular formula is C21H24N6O2. The number of imidazole rings is 1. The standard InChI is InChI=1S/C21H24N6O2/c1-13-10-27(12-23-13)16-7-6-15(8-18(16)28-3)24-21-22-9-19-20(25-21)26(2)17(11-29-19)14-4-5-14/h6-10,12,14,17H,4-5,11H2,1-3H3,(H,22,24,25)/t17-/m1/s1. The van der Waals surface area contributed by atoms with Crippen LogP contribution in [0.1, 0.15) is 18.5 Å². The normalized spacial score (nSPS) is 18.2. The van der Waals surface area contributed by atoms with Gasteiger partial charge in [-0.05, 0) is 37.8 Å². The van der Waals surface area contributed by atoms with Gasteiger partial charge in [-0.15, -0.1) is 0 Å². The first-order valence-electron chi connectivity index (χ1n) is 9.81. The van der Waals surface area contributed by atoms with Crippen molar-refractivity contribution < 1.29 is 9.47 Å². The maximum Gasteiger partial charge on any atom is 0.229 e. The fraction of sp³-hybridized carbons (Fsp3) is 0.381. The molecule has 0 bridgehead atoms. The molecule has 0 unspecified atom stereocenters. The Kier molecular flexibility index (Phi) is 4.26. The lowest BCUT2D eigenvalue weighted by atomic mass is 10.1. The van der Waals surface area contributed by atoms with E-state index in [1.807, 2.05) is 35.9 Å². The van der Waals surface area contributed by atoms with E-state index in [-0.39, 0.29) is 0 Å². The fourth-order valence-corrected chi connectivity index (χ4v) is 3.80. The van der Waals surface area contributed by atoms with Crippen LogP contribution in [-0.2, 0) is 0 Å². The Bertz CT molecular complexity index is 1050. The highest BCUT2D eigenvalue weighted by Gasteiger charge is 2.38. The van der Waals surface area contributed by atoms with Crippen molar-refractivity contribution in [2.45, 2.75) is 25.8 Å². The predicted octanol–water partition coefficient (Wildman–Crippen LogP) is 3.33. The van der Waals surface area contributed by atoms with Gasteiger partial charge < -0.3 is 24.3 Å². The van der Waals surface area contributed by atoms with Gasteiger partial charge in [0.25, 0.3) is 0 Å². The lowest BCUT2D eigenvalue weighted by Gasteiger charge is -2.34. The second-order valence-electron chi connectivity index (χ2n) is 7.64. The molecular weight excluding hydrogens is 368 g/mol. The average Bonchev–Trinajstić information content (AvgIpc) is 3.48. The number of hydrogen-bond acceptors (Lipinski definition) is 7. The third-order valence-corrected chi connectivity index (χ3v) is 5.57. The molecule has 1 aromatic carbocycles. The predicted molar refractivity (Wildman–Crippen MR) is 111 cm³/mol. The van der Waals surface area contributed by atoms with Crippen LogP contribution < -0.4 is 19.7 Å². The van der Waals surface area contributed by atoms with E-state index in [9.17, 15) is 0 Å². The number of methoxy groups -OCH3 is 1. The number of hydrogen-bond donors (Lipinski definition) is 1. The molecule has 0 saturated heterocycles. The number of benzene rings is 1. The molecule has 0 amide bonds. The smallest absolute Gasteiger partial charge is 0.229 e. The molecule has 2 aromatic heterocycles. The molecule has 1 saturated carbocycles. The third-order valence-electron chi connectivity index (χ3n) is 5.57. The Hall–Kier alpha value is -3.29. The van der Waals surface area contributed by atoms with Crippen LogP contribution >= 0.6 is 0 Å². The van der Waals surface area contributed by atoms with Crippen molar-refractivity contribution >= 4 is 17.5 Å². The highest BCUT2D eigenvalue weighted by Crippen LogP contribution is 2.41. The maximum absolute atomic E-state index is 5.89. The minimum atomic E-state index is 0.392. The average molecular weight is 392 g/mol. The van der Waals surface area contributed by atoms with Crippen LogP contribution in [0.15, 0.2) is 36.9 Å². The Labute approximate surface area is 169 Å². The first-order valence-corrected chi connectivity index (χ1v) is 9.81. The summed E-state index contributed by atoms with van der Waals surface area (Å²) in [6.45, 7) is 2.66. The number of rotatable bonds is 5. The van der Waals surface area contributed by atoms with Crippen molar-refractivity contribution in [2.24, 2.45) is 5.92 Å². The lowest BCUT2D eigenvalue weighted by Crippen LogP contribution is -2.42. The summed E-state index contributed by atoms with van der Waals surface area (Å²) >= 11 is 0. The first kappa shape index (κ1) is 17.8. The fourth-order valence-electron chi connectivity index (χ4n) is 3.80. The second kappa shape index (κ2) is 6.95. The highest BCUT2D eigenvalue weighted by atomic mass is 16.5. The molecule has 0 spiro atoms. The Balaban J connectivity index is 1.40. The molecule has 8 nitrogen and oxygen atoms in total. The van der Waals surface area contributed by atoms with Gasteiger partial charge in [0.15, 0.2) is 11.6 Å². The summed E-state index contributed by atoms with van der Waals surface area (Å²) in [6.07, 6.45) is 8.02. The minimum Gasteiger partial charge on any atom is -0.494 e. The van der Waals surface area contributed by atoms with Crippen molar-refractivity contribution in [3.8, 4) is 17.2 Å². The number of aromatic nitrogens is 4. The monoisotopic (exact) mass is 392 g/mol. The van der Waals surface area contributed by atoms with Crippen LogP contribution in [0.4, 0.5) is 17.5 Å². The van der Waals surface area contributed by atoms with E-state index in [1.165, 1.54) is 12.8 Å². The second-order valence-corrected chi connectivity index (χ2v) is 7.64. The van der Waals surface area contributed by atoms with Crippen molar-refractivity contribution in [3.05, 3.63) is 42.6 Å². The number of fused-ring (bicyclic) bond motifs is 1. The van der Waals surface area contributed by atoms with E-state index in [0.717, 1.165) is 34.4 Å². The Morgan fingerprint density at radius 1 is 1.24 bits per heavy atom. The summed E-state index contributed by atoms with van der Waals surface area (Å²) in [5.41, 5.74) is 2.72. The van der Waals surface area contributed by atoms with Crippen molar-refractivity contribution in [1.29, 1.82) is 0 Å². The van der Waals surface area contributed by atoms with Crippen LogP contribution in [0.5, 0.6) is 11.5 Å². The van der Waals surface area contributed by atoms with Crippen LogP contribution in [0.25, 0.3) is 5.69 Å². The van der Waals surface area contributed by atoms with Crippen molar-refractivity contribution in [2.75, 3.05) is 31.0 Å². The molecule has 1 fully saturated rings. The van der Waals surface area contributed by atoms with E-state index in [0.29, 0.717) is 24.5 Å². The molecule has 3 aromatic rings.